The lowest BCUT2D eigenvalue weighted by Crippen LogP contribution is -2.47. The molecule has 0 aliphatic heterocycles. The van der Waals surface area contributed by atoms with Crippen LogP contribution in [0.2, 0.25) is 0 Å². The zero-order valence-electron chi connectivity index (χ0n) is 6.68. The normalized spacial score (nSPS) is 31.9. The smallest absolute Gasteiger partial charge is 0.281 e. The third kappa shape index (κ3) is 1.81. The Hall–Kier alpha value is -0.480. The first-order valence-corrected chi connectivity index (χ1v) is 4.35. The summed E-state index contributed by atoms with van der Waals surface area (Å²) < 4.78 is 37.5. The van der Waals surface area contributed by atoms with Crippen LogP contribution in [0.4, 0.5) is 13.2 Å². The molecule has 1 rings (SSSR count). The van der Waals surface area contributed by atoms with Gasteiger partial charge in [0.15, 0.2) is 4.87 Å². The Balaban J connectivity index is 3.13. The van der Waals surface area contributed by atoms with Gasteiger partial charge in [-0.1, -0.05) is 24.3 Å². The molecule has 0 N–H and O–H groups in total. The van der Waals surface area contributed by atoms with Crippen LogP contribution in [-0.4, -0.2) is 16.3 Å². The molecule has 0 fully saturated rings. The maximum atomic E-state index is 12.5. The summed E-state index contributed by atoms with van der Waals surface area (Å²) in [6.45, 7) is 0. The van der Waals surface area contributed by atoms with Gasteiger partial charge in [-0.2, -0.15) is 13.2 Å². The first-order chi connectivity index (χ1) is 6.29. The molecule has 2 unspecified atom stereocenters. The van der Waals surface area contributed by atoms with E-state index in [-0.39, 0.29) is 0 Å². The topological polar surface area (TPSA) is 17.1 Å². The highest BCUT2D eigenvalue weighted by Crippen LogP contribution is 2.45. The third-order valence-electron chi connectivity index (χ3n) is 1.89. The van der Waals surface area contributed by atoms with Gasteiger partial charge < -0.3 is 0 Å². The summed E-state index contributed by atoms with van der Waals surface area (Å²) >= 11 is 10.4. The van der Waals surface area contributed by atoms with E-state index in [4.69, 9.17) is 23.2 Å². The quantitative estimate of drug-likeness (QED) is 0.512. The SMILES string of the molecule is O=C(Cl)C1C=CC=CC1(Cl)C(F)(F)F. The summed E-state index contributed by atoms with van der Waals surface area (Å²) in [5.74, 6) is -1.57. The van der Waals surface area contributed by atoms with Crippen LogP contribution >= 0.6 is 23.2 Å². The van der Waals surface area contributed by atoms with Crippen LogP contribution < -0.4 is 0 Å². The number of carbonyl (C=O) groups is 1. The molecule has 1 aliphatic rings. The Labute approximate surface area is 88.2 Å². The van der Waals surface area contributed by atoms with Crippen molar-refractivity contribution in [2.24, 2.45) is 5.92 Å². The zero-order valence-corrected chi connectivity index (χ0v) is 8.20. The minimum absolute atomic E-state index is 0.722. The van der Waals surface area contributed by atoms with Crippen LogP contribution in [0.15, 0.2) is 24.3 Å². The summed E-state index contributed by atoms with van der Waals surface area (Å²) in [7, 11) is 0. The van der Waals surface area contributed by atoms with Crippen LogP contribution in [0.25, 0.3) is 0 Å². The molecule has 0 saturated carbocycles. The van der Waals surface area contributed by atoms with Crippen molar-refractivity contribution in [3.8, 4) is 0 Å². The Morgan fingerprint density at radius 2 is 1.93 bits per heavy atom. The van der Waals surface area contributed by atoms with Crippen LogP contribution in [0.5, 0.6) is 0 Å². The fraction of sp³-hybridized carbons (Fsp3) is 0.375. The number of rotatable bonds is 1. The highest BCUT2D eigenvalue weighted by Gasteiger charge is 2.58. The van der Waals surface area contributed by atoms with Gasteiger partial charge in [0.1, 0.15) is 0 Å². The van der Waals surface area contributed by atoms with Crippen molar-refractivity contribution in [1.82, 2.24) is 0 Å². The summed E-state index contributed by atoms with van der Waals surface area (Å²) in [6, 6.07) is 0. The van der Waals surface area contributed by atoms with Crippen molar-refractivity contribution in [1.29, 1.82) is 0 Å². The van der Waals surface area contributed by atoms with Crippen molar-refractivity contribution in [3.63, 3.8) is 0 Å². The van der Waals surface area contributed by atoms with Gasteiger partial charge in [0.2, 0.25) is 5.24 Å². The van der Waals surface area contributed by atoms with Gasteiger partial charge in [0.25, 0.3) is 0 Å². The number of carbonyl (C=O) groups excluding carboxylic acids is 1. The van der Waals surface area contributed by atoms with Crippen LogP contribution in [0, 0.1) is 5.92 Å². The molecule has 0 aromatic carbocycles. The van der Waals surface area contributed by atoms with Crippen LogP contribution in [-0.2, 0) is 4.79 Å². The molecule has 1 aliphatic carbocycles. The first kappa shape index (κ1) is 11.6. The molecule has 0 heterocycles. The predicted octanol–water partition coefficient (Wildman–Crippen LogP) is 3.03. The van der Waals surface area contributed by atoms with E-state index in [0.29, 0.717) is 0 Å². The number of halogens is 5. The Kier molecular flexibility index (Phi) is 2.97. The van der Waals surface area contributed by atoms with Gasteiger partial charge in [-0.05, 0) is 11.6 Å². The molecule has 0 saturated heterocycles. The summed E-state index contributed by atoms with van der Waals surface area (Å²) in [5.41, 5.74) is 0. The fourth-order valence-electron chi connectivity index (χ4n) is 1.13. The van der Waals surface area contributed by atoms with E-state index in [2.05, 4.69) is 0 Å². The van der Waals surface area contributed by atoms with E-state index >= 15 is 0 Å². The molecule has 0 aromatic heterocycles. The molecule has 78 valence electrons. The maximum absolute atomic E-state index is 12.5. The molecule has 2 atom stereocenters. The second-order valence-corrected chi connectivity index (χ2v) is 3.79. The van der Waals surface area contributed by atoms with Gasteiger partial charge in [-0.15, -0.1) is 11.6 Å². The van der Waals surface area contributed by atoms with Crippen molar-refractivity contribution < 1.29 is 18.0 Å². The monoisotopic (exact) mass is 244 g/mol. The summed E-state index contributed by atoms with van der Waals surface area (Å²) in [6.07, 6.45) is -0.519. The van der Waals surface area contributed by atoms with Crippen molar-refractivity contribution >= 4 is 28.4 Å². The molecular weight excluding hydrogens is 240 g/mol. The Morgan fingerprint density at radius 1 is 1.36 bits per heavy atom. The van der Waals surface area contributed by atoms with Crippen molar-refractivity contribution in [3.05, 3.63) is 24.3 Å². The molecule has 0 spiro atoms. The second kappa shape index (κ2) is 3.59. The lowest BCUT2D eigenvalue weighted by molar-refractivity contribution is -0.161. The second-order valence-electron chi connectivity index (χ2n) is 2.79. The molecular formula is C8H5Cl2F3O. The third-order valence-corrected chi connectivity index (χ3v) is 2.70. The largest absolute Gasteiger partial charge is 0.412 e. The maximum Gasteiger partial charge on any atom is 0.412 e. The zero-order chi connectivity index (χ0) is 11.0. The van der Waals surface area contributed by atoms with Gasteiger partial charge in [-0.3, -0.25) is 4.79 Å². The first-order valence-electron chi connectivity index (χ1n) is 3.60. The number of alkyl halides is 4. The summed E-state index contributed by atoms with van der Waals surface area (Å²) in [4.78, 5) is 8.04. The highest BCUT2D eigenvalue weighted by atomic mass is 35.5. The molecule has 6 heteroatoms. The fourth-order valence-corrected chi connectivity index (χ4v) is 1.67. The lowest BCUT2D eigenvalue weighted by atomic mass is 9.88. The van der Waals surface area contributed by atoms with E-state index in [1.807, 2.05) is 0 Å². The molecule has 0 bridgehead atoms. The highest BCUT2D eigenvalue weighted by molar-refractivity contribution is 6.65. The number of hydrogen-bond donors (Lipinski definition) is 0. The average molecular weight is 245 g/mol. The van der Waals surface area contributed by atoms with Crippen molar-refractivity contribution in [2.75, 3.05) is 0 Å². The summed E-state index contributed by atoms with van der Waals surface area (Å²) in [5, 5.41) is -1.13. The molecule has 0 radical (unpaired) electrons. The predicted molar refractivity (Wildman–Crippen MR) is 47.3 cm³/mol. The Morgan fingerprint density at radius 3 is 2.29 bits per heavy atom. The van der Waals surface area contributed by atoms with Gasteiger partial charge in [0, 0.05) is 0 Å². The minimum Gasteiger partial charge on any atom is -0.281 e. The van der Waals surface area contributed by atoms with E-state index in [1.54, 1.807) is 0 Å². The standard InChI is InChI=1S/C8H5Cl2F3O/c9-6(14)5-3-1-2-4-7(5,10)8(11,12)13/h1-5H. The molecule has 14 heavy (non-hydrogen) atoms. The van der Waals surface area contributed by atoms with E-state index in [1.165, 1.54) is 6.08 Å². The molecule has 1 nitrogen and oxygen atoms in total. The van der Waals surface area contributed by atoms with Gasteiger partial charge >= 0.3 is 6.18 Å². The van der Waals surface area contributed by atoms with E-state index in [0.717, 1.165) is 18.2 Å². The number of hydrogen-bond acceptors (Lipinski definition) is 1. The van der Waals surface area contributed by atoms with Gasteiger partial charge in [-0.25, -0.2) is 0 Å². The van der Waals surface area contributed by atoms with E-state index in [9.17, 15) is 18.0 Å². The average Bonchev–Trinajstić information content (AvgIpc) is 2.02. The Bertz CT molecular complexity index is 308. The van der Waals surface area contributed by atoms with E-state index < -0.39 is 22.2 Å². The number of allylic oxidation sites excluding steroid dienone is 4. The minimum atomic E-state index is -4.72. The van der Waals surface area contributed by atoms with Crippen molar-refractivity contribution in [2.45, 2.75) is 11.1 Å². The van der Waals surface area contributed by atoms with Crippen LogP contribution in [0.1, 0.15) is 0 Å². The molecule has 0 amide bonds. The molecule has 0 aromatic rings. The van der Waals surface area contributed by atoms with Gasteiger partial charge in [0.05, 0.1) is 5.92 Å². The van der Waals surface area contributed by atoms with Crippen LogP contribution in [0.3, 0.4) is 0 Å². The lowest BCUT2D eigenvalue weighted by Gasteiger charge is -2.32.